The van der Waals surface area contributed by atoms with E-state index in [2.05, 4.69) is 0 Å². The van der Waals surface area contributed by atoms with Crippen molar-refractivity contribution in [3.05, 3.63) is 29.8 Å². The molecule has 0 saturated heterocycles. The minimum absolute atomic E-state index is 0.118. The van der Waals surface area contributed by atoms with Gasteiger partial charge in [0.25, 0.3) is 0 Å². The number of rotatable bonds is 2. The first-order valence-electron chi connectivity index (χ1n) is 5.73. The van der Waals surface area contributed by atoms with Crippen LogP contribution in [0.1, 0.15) is 43.6 Å². The second-order valence-corrected chi connectivity index (χ2v) is 6.07. The standard InChI is InChI=1S/C12H17O3P/c13-16(14,15)12-8-6-11(7-9-12)10-4-2-1-3-5-10/h6-10H,1-5H2,(H2,13,14,15). The van der Waals surface area contributed by atoms with Crippen LogP contribution in [0.25, 0.3) is 0 Å². The Balaban J connectivity index is 2.15. The highest BCUT2D eigenvalue weighted by molar-refractivity contribution is 7.60. The highest BCUT2D eigenvalue weighted by atomic mass is 31.2. The summed E-state index contributed by atoms with van der Waals surface area (Å²) in [7, 11) is -4.08. The lowest BCUT2D eigenvalue weighted by Gasteiger charge is -2.22. The van der Waals surface area contributed by atoms with Crippen LogP contribution in [-0.2, 0) is 4.57 Å². The molecular weight excluding hydrogens is 223 g/mol. The fourth-order valence-electron chi connectivity index (χ4n) is 2.38. The maximum absolute atomic E-state index is 11.0. The topological polar surface area (TPSA) is 57.5 Å². The molecule has 2 N–H and O–H groups in total. The van der Waals surface area contributed by atoms with Crippen molar-refractivity contribution < 1.29 is 14.4 Å². The van der Waals surface area contributed by atoms with Crippen molar-refractivity contribution in [2.45, 2.75) is 38.0 Å². The third-order valence-electron chi connectivity index (χ3n) is 3.31. The van der Waals surface area contributed by atoms with Gasteiger partial charge in [-0.1, -0.05) is 31.4 Å². The molecule has 2 rings (SSSR count). The smallest absolute Gasteiger partial charge is 0.321 e. The van der Waals surface area contributed by atoms with Gasteiger partial charge in [-0.05, 0) is 36.5 Å². The molecule has 1 aliphatic carbocycles. The van der Waals surface area contributed by atoms with Crippen LogP contribution in [0.15, 0.2) is 24.3 Å². The van der Waals surface area contributed by atoms with E-state index in [0.717, 1.165) is 0 Å². The molecule has 1 aromatic carbocycles. The molecule has 0 radical (unpaired) electrons. The van der Waals surface area contributed by atoms with Crippen molar-refractivity contribution in [2.24, 2.45) is 0 Å². The summed E-state index contributed by atoms with van der Waals surface area (Å²) in [5.74, 6) is 0.583. The van der Waals surface area contributed by atoms with Gasteiger partial charge in [-0.15, -0.1) is 0 Å². The third kappa shape index (κ3) is 2.73. The molecule has 1 aromatic rings. The van der Waals surface area contributed by atoms with Gasteiger partial charge >= 0.3 is 7.60 Å². The molecule has 1 saturated carbocycles. The molecule has 0 atom stereocenters. The number of hydrogen-bond donors (Lipinski definition) is 2. The van der Waals surface area contributed by atoms with E-state index in [-0.39, 0.29) is 5.30 Å². The Morgan fingerprint density at radius 2 is 1.56 bits per heavy atom. The van der Waals surface area contributed by atoms with Crippen LogP contribution in [-0.4, -0.2) is 9.79 Å². The van der Waals surface area contributed by atoms with Crippen molar-refractivity contribution in [1.82, 2.24) is 0 Å². The monoisotopic (exact) mass is 240 g/mol. The Kier molecular flexibility index (Phi) is 3.48. The molecule has 0 spiro atoms. The van der Waals surface area contributed by atoms with Crippen LogP contribution in [0.3, 0.4) is 0 Å². The molecule has 88 valence electrons. The van der Waals surface area contributed by atoms with Crippen LogP contribution in [0, 0.1) is 0 Å². The second kappa shape index (κ2) is 4.70. The summed E-state index contributed by atoms with van der Waals surface area (Å²) in [5, 5.41) is 0.118. The minimum Gasteiger partial charge on any atom is -0.321 e. The Morgan fingerprint density at radius 3 is 2.06 bits per heavy atom. The molecule has 0 bridgehead atoms. The molecule has 0 amide bonds. The first kappa shape index (κ1) is 11.8. The second-order valence-electron chi connectivity index (χ2n) is 4.47. The van der Waals surface area contributed by atoms with Crippen molar-refractivity contribution in [2.75, 3.05) is 0 Å². The Labute approximate surface area is 95.7 Å². The lowest BCUT2D eigenvalue weighted by Crippen LogP contribution is -2.07. The fourth-order valence-corrected chi connectivity index (χ4v) is 2.91. The Hall–Kier alpha value is -0.630. The van der Waals surface area contributed by atoms with Gasteiger partial charge in [0.2, 0.25) is 0 Å². The van der Waals surface area contributed by atoms with Gasteiger partial charge in [0, 0.05) is 0 Å². The molecule has 0 unspecified atom stereocenters. The normalized spacial score (nSPS) is 18.6. The van der Waals surface area contributed by atoms with Gasteiger partial charge in [-0.25, -0.2) is 0 Å². The molecular formula is C12H17O3P. The number of hydrogen-bond acceptors (Lipinski definition) is 1. The third-order valence-corrected chi connectivity index (χ3v) is 4.28. The van der Waals surface area contributed by atoms with E-state index >= 15 is 0 Å². The van der Waals surface area contributed by atoms with Gasteiger partial charge in [0.15, 0.2) is 0 Å². The van der Waals surface area contributed by atoms with Gasteiger partial charge < -0.3 is 9.79 Å². The lowest BCUT2D eigenvalue weighted by atomic mass is 9.84. The minimum atomic E-state index is -4.08. The van der Waals surface area contributed by atoms with Crippen molar-refractivity contribution in [3.63, 3.8) is 0 Å². The van der Waals surface area contributed by atoms with E-state index in [1.807, 2.05) is 12.1 Å². The Bertz CT molecular complexity index is 387. The van der Waals surface area contributed by atoms with E-state index in [0.29, 0.717) is 5.92 Å². The first-order valence-corrected chi connectivity index (χ1v) is 7.35. The predicted octanol–water partition coefficient (Wildman–Crippen LogP) is 2.54. The van der Waals surface area contributed by atoms with E-state index in [1.54, 1.807) is 12.1 Å². The highest BCUT2D eigenvalue weighted by Gasteiger charge is 2.19. The molecule has 0 aliphatic heterocycles. The Morgan fingerprint density at radius 1 is 1.00 bits per heavy atom. The predicted molar refractivity (Wildman–Crippen MR) is 63.9 cm³/mol. The van der Waals surface area contributed by atoms with E-state index in [9.17, 15) is 4.57 Å². The maximum Gasteiger partial charge on any atom is 0.356 e. The molecule has 3 nitrogen and oxygen atoms in total. The molecule has 4 heteroatoms. The zero-order valence-corrected chi connectivity index (χ0v) is 10.1. The van der Waals surface area contributed by atoms with E-state index in [1.165, 1.54) is 37.7 Å². The summed E-state index contributed by atoms with van der Waals surface area (Å²) >= 11 is 0. The van der Waals surface area contributed by atoms with Crippen LogP contribution >= 0.6 is 7.60 Å². The SMILES string of the molecule is O=P(O)(O)c1ccc(C2CCCCC2)cc1. The van der Waals surface area contributed by atoms with Crippen LogP contribution in [0.2, 0.25) is 0 Å². The zero-order valence-electron chi connectivity index (χ0n) is 9.17. The summed E-state index contributed by atoms with van der Waals surface area (Å²) < 4.78 is 11.0. The maximum atomic E-state index is 11.0. The van der Waals surface area contributed by atoms with Gasteiger partial charge in [0.1, 0.15) is 0 Å². The summed E-state index contributed by atoms with van der Waals surface area (Å²) in [6.45, 7) is 0. The zero-order chi connectivity index (χ0) is 11.6. The highest BCUT2D eigenvalue weighted by Crippen LogP contribution is 2.35. The summed E-state index contributed by atoms with van der Waals surface area (Å²) in [4.78, 5) is 18.0. The average Bonchev–Trinajstić information content (AvgIpc) is 2.29. The van der Waals surface area contributed by atoms with Gasteiger partial charge in [-0.3, -0.25) is 4.57 Å². The van der Waals surface area contributed by atoms with E-state index in [4.69, 9.17) is 9.79 Å². The van der Waals surface area contributed by atoms with E-state index < -0.39 is 7.60 Å². The largest absolute Gasteiger partial charge is 0.356 e. The summed E-state index contributed by atoms with van der Waals surface area (Å²) in [6, 6.07) is 6.85. The van der Waals surface area contributed by atoms with Crippen LogP contribution in [0.5, 0.6) is 0 Å². The average molecular weight is 240 g/mol. The molecule has 1 aliphatic rings. The molecule has 0 heterocycles. The molecule has 0 aromatic heterocycles. The summed E-state index contributed by atoms with van der Waals surface area (Å²) in [5.41, 5.74) is 1.22. The van der Waals surface area contributed by atoms with Crippen LogP contribution < -0.4 is 5.30 Å². The first-order chi connectivity index (χ1) is 7.57. The summed E-state index contributed by atoms with van der Waals surface area (Å²) in [6.07, 6.45) is 6.26. The van der Waals surface area contributed by atoms with Crippen molar-refractivity contribution in [3.8, 4) is 0 Å². The van der Waals surface area contributed by atoms with Crippen LogP contribution in [0.4, 0.5) is 0 Å². The number of benzene rings is 1. The quantitative estimate of drug-likeness (QED) is 0.781. The van der Waals surface area contributed by atoms with Gasteiger partial charge in [0.05, 0.1) is 5.30 Å². The molecule has 16 heavy (non-hydrogen) atoms. The van der Waals surface area contributed by atoms with Crippen molar-refractivity contribution in [1.29, 1.82) is 0 Å². The van der Waals surface area contributed by atoms with Gasteiger partial charge in [-0.2, -0.15) is 0 Å². The fraction of sp³-hybridized carbons (Fsp3) is 0.500. The van der Waals surface area contributed by atoms with Crippen molar-refractivity contribution >= 4 is 12.9 Å². The lowest BCUT2D eigenvalue weighted by molar-refractivity contribution is 0.387. The molecule has 1 fully saturated rings.